The third kappa shape index (κ3) is 4.43. The summed E-state index contributed by atoms with van der Waals surface area (Å²) >= 11 is 1.33. The SMILES string of the molecule is O=C(NCc1ccc(F)cc1)c1nnc(CN2CCC[C@H]2c2ccccc2)s1. The lowest BCUT2D eigenvalue weighted by Crippen LogP contribution is -2.22. The maximum Gasteiger partial charge on any atom is 0.282 e. The monoisotopic (exact) mass is 396 g/mol. The third-order valence-corrected chi connectivity index (χ3v) is 5.82. The van der Waals surface area contributed by atoms with E-state index in [0.29, 0.717) is 24.1 Å². The van der Waals surface area contributed by atoms with Crippen molar-refractivity contribution in [2.75, 3.05) is 6.54 Å². The Morgan fingerprint density at radius 3 is 2.71 bits per heavy atom. The van der Waals surface area contributed by atoms with E-state index in [1.165, 1.54) is 29.0 Å². The third-order valence-electron chi connectivity index (χ3n) is 4.91. The van der Waals surface area contributed by atoms with Crippen molar-refractivity contribution >= 4 is 17.2 Å². The molecule has 1 aliphatic heterocycles. The van der Waals surface area contributed by atoms with Gasteiger partial charge in [0, 0.05) is 12.6 Å². The van der Waals surface area contributed by atoms with Crippen LogP contribution in [0.5, 0.6) is 0 Å². The molecule has 1 saturated heterocycles. The fraction of sp³-hybridized carbons (Fsp3) is 0.286. The Hall–Kier alpha value is -2.64. The van der Waals surface area contributed by atoms with Crippen LogP contribution in [-0.4, -0.2) is 27.5 Å². The van der Waals surface area contributed by atoms with Crippen molar-refractivity contribution in [3.63, 3.8) is 0 Å². The normalized spacial score (nSPS) is 17.0. The highest BCUT2D eigenvalue weighted by molar-refractivity contribution is 7.13. The Balaban J connectivity index is 1.36. The van der Waals surface area contributed by atoms with Gasteiger partial charge in [-0.05, 0) is 42.6 Å². The predicted molar refractivity (Wildman–Crippen MR) is 106 cm³/mol. The molecule has 7 heteroatoms. The highest BCUT2D eigenvalue weighted by atomic mass is 32.1. The van der Waals surface area contributed by atoms with E-state index < -0.39 is 0 Å². The molecule has 1 aromatic heterocycles. The molecule has 4 rings (SSSR count). The fourth-order valence-corrected chi connectivity index (χ4v) is 4.29. The maximum atomic E-state index is 12.9. The fourth-order valence-electron chi connectivity index (χ4n) is 3.51. The quantitative estimate of drug-likeness (QED) is 0.686. The molecule has 3 aromatic rings. The summed E-state index contributed by atoms with van der Waals surface area (Å²) in [5, 5.41) is 12.3. The van der Waals surface area contributed by atoms with E-state index >= 15 is 0 Å². The average molecular weight is 396 g/mol. The molecule has 28 heavy (non-hydrogen) atoms. The number of hydrogen-bond acceptors (Lipinski definition) is 5. The van der Waals surface area contributed by atoms with Gasteiger partial charge < -0.3 is 5.32 Å². The highest BCUT2D eigenvalue weighted by Crippen LogP contribution is 2.33. The van der Waals surface area contributed by atoms with Crippen LogP contribution in [0.1, 0.15) is 44.8 Å². The van der Waals surface area contributed by atoms with Gasteiger partial charge in [-0.1, -0.05) is 53.8 Å². The smallest absolute Gasteiger partial charge is 0.282 e. The Morgan fingerprint density at radius 2 is 1.93 bits per heavy atom. The minimum atomic E-state index is -0.292. The molecule has 5 nitrogen and oxygen atoms in total. The lowest BCUT2D eigenvalue weighted by atomic mass is 10.0. The van der Waals surface area contributed by atoms with E-state index in [1.807, 2.05) is 6.07 Å². The first-order chi connectivity index (χ1) is 13.7. The molecule has 1 N–H and O–H groups in total. The van der Waals surface area contributed by atoms with Crippen LogP contribution in [0, 0.1) is 5.82 Å². The van der Waals surface area contributed by atoms with Crippen LogP contribution in [0.25, 0.3) is 0 Å². The van der Waals surface area contributed by atoms with Gasteiger partial charge in [0.2, 0.25) is 5.01 Å². The van der Waals surface area contributed by atoms with Crippen molar-refractivity contribution < 1.29 is 9.18 Å². The zero-order chi connectivity index (χ0) is 19.3. The summed E-state index contributed by atoms with van der Waals surface area (Å²) < 4.78 is 12.9. The molecule has 1 aliphatic rings. The molecule has 0 aliphatic carbocycles. The zero-order valence-corrected chi connectivity index (χ0v) is 16.2. The van der Waals surface area contributed by atoms with Crippen LogP contribution < -0.4 is 5.32 Å². The van der Waals surface area contributed by atoms with E-state index in [9.17, 15) is 9.18 Å². The molecule has 1 atom stereocenters. The summed E-state index contributed by atoms with van der Waals surface area (Å²) in [4.78, 5) is 14.7. The van der Waals surface area contributed by atoms with Gasteiger partial charge in [0.1, 0.15) is 10.8 Å². The van der Waals surface area contributed by atoms with Gasteiger partial charge in [-0.3, -0.25) is 9.69 Å². The van der Waals surface area contributed by atoms with Crippen LogP contribution in [0.15, 0.2) is 54.6 Å². The average Bonchev–Trinajstić information content (AvgIpc) is 3.38. The van der Waals surface area contributed by atoms with Crippen molar-refractivity contribution in [1.82, 2.24) is 20.4 Å². The summed E-state index contributed by atoms with van der Waals surface area (Å²) in [6, 6.07) is 16.9. The Morgan fingerprint density at radius 1 is 1.14 bits per heavy atom. The Kier molecular flexibility index (Phi) is 5.73. The molecule has 0 radical (unpaired) electrons. The van der Waals surface area contributed by atoms with Crippen molar-refractivity contribution in [3.8, 4) is 0 Å². The van der Waals surface area contributed by atoms with Crippen LogP contribution in [-0.2, 0) is 13.1 Å². The number of carbonyl (C=O) groups is 1. The summed E-state index contributed by atoms with van der Waals surface area (Å²) in [6.45, 7) is 2.05. The number of amides is 1. The standard InChI is InChI=1S/C21H21FN4OS/c22-17-10-8-15(9-11-17)13-23-20(27)21-25-24-19(28-21)14-26-12-4-7-18(26)16-5-2-1-3-6-16/h1-3,5-6,8-11,18H,4,7,12-14H2,(H,23,27)/t18-/m0/s1. The summed E-state index contributed by atoms with van der Waals surface area (Å²) in [5.74, 6) is -0.548. The van der Waals surface area contributed by atoms with Gasteiger partial charge in [0.25, 0.3) is 5.91 Å². The van der Waals surface area contributed by atoms with Crippen LogP contribution >= 0.6 is 11.3 Å². The molecule has 0 saturated carbocycles. The second-order valence-electron chi connectivity index (χ2n) is 6.85. The van der Waals surface area contributed by atoms with E-state index in [-0.39, 0.29) is 11.7 Å². The number of aromatic nitrogens is 2. The van der Waals surface area contributed by atoms with E-state index in [2.05, 4.69) is 44.7 Å². The molecular weight excluding hydrogens is 375 g/mol. The number of halogens is 1. The van der Waals surface area contributed by atoms with E-state index in [4.69, 9.17) is 0 Å². The van der Waals surface area contributed by atoms with Crippen molar-refractivity contribution in [2.45, 2.75) is 32.0 Å². The Bertz CT molecular complexity index is 929. The van der Waals surface area contributed by atoms with Crippen LogP contribution in [0.4, 0.5) is 4.39 Å². The van der Waals surface area contributed by atoms with E-state index in [1.54, 1.807) is 12.1 Å². The number of nitrogens with zero attached hydrogens (tertiary/aromatic N) is 3. The van der Waals surface area contributed by atoms with Crippen LogP contribution in [0.2, 0.25) is 0 Å². The van der Waals surface area contributed by atoms with Gasteiger partial charge in [-0.15, -0.1) is 10.2 Å². The molecular formula is C21H21FN4OS. The molecule has 0 bridgehead atoms. The summed E-state index contributed by atoms with van der Waals surface area (Å²) in [7, 11) is 0. The first kappa shape index (κ1) is 18.7. The first-order valence-corrected chi connectivity index (χ1v) is 10.1. The molecule has 0 spiro atoms. The number of benzene rings is 2. The predicted octanol–water partition coefficient (Wildman–Crippen LogP) is 3.94. The van der Waals surface area contributed by atoms with Crippen molar-refractivity contribution in [2.24, 2.45) is 0 Å². The highest BCUT2D eigenvalue weighted by Gasteiger charge is 2.27. The van der Waals surface area contributed by atoms with Gasteiger partial charge >= 0.3 is 0 Å². The lowest BCUT2D eigenvalue weighted by molar-refractivity contribution is 0.0950. The van der Waals surface area contributed by atoms with Gasteiger partial charge in [0.15, 0.2) is 0 Å². The molecule has 2 aromatic carbocycles. The summed E-state index contributed by atoms with van der Waals surface area (Å²) in [5.41, 5.74) is 2.16. The number of rotatable bonds is 6. The Labute approximate surface area is 167 Å². The number of nitrogens with one attached hydrogen (secondary N) is 1. The lowest BCUT2D eigenvalue weighted by Gasteiger charge is -2.23. The minimum Gasteiger partial charge on any atom is -0.346 e. The molecule has 0 unspecified atom stereocenters. The zero-order valence-electron chi connectivity index (χ0n) is 15.3. The molecule has 144 valence electrons. The van der Waals surface area contributed by atoms with Crippen molar-refractivity contribution in [1.29, 1.82) is 0 Å². The van der Waals surface area contributed by atoms with Crippen molar-refractivity contribution in [3.05, 3.63) is 81.6 Å². The number of hydrogen-bond donors (Lipinski definition) is 1. The first-order valence-electron chi connectivity index (χ1n) is 9.33. The van der Waals surface area contributed by atoms with Crippen LogP contribution in [0.3, 0.4) is 0 Å². The van der Waals surface area contributed by atoms with Gasteiger partial charge in [-0.25, -0.2) is 4.39 Å². The molecule has 2 heterocycles. The number of carbonyl (C=O) groups excluding carboxylic acids is 1. The largest absolute Gasteiger partial charge is 0.346 e. The second kappa shape index (κ2) is 8.58. The second-order valence-corrected chi connectivity index (χ2v) is 7.91. The van der Waals surface area contributed by atoms with Gasteiger partial charge in [0.05, 0.1) is 6.54 Å². The molecule has 1 amide bonds. The molecule has 1 fully saturated rings. The minimum absolute atomic E-state index is 0.255. The van der Waals surface area contributed by atoms with E-state index in [0.717, 1.165) is 30.0 Å². The maximum absolute atomic E-state index is 12.9. The topological polar surface area (TPSA) is 58.1 Å². The summed E-state index contributed by atoms with van der Waals surface area (Å²) in [6.07, 6.45) is 2.29. The number of likely N-dealkylation sites (tertiary alicyclic amines) is 1. The van der Waals surface area contributed by atoms with Gasteiger partial charge in [-0.2, -0.15) is 0 Å².